The molecule has 0 spiro atoms. The van der Waals surface area contributed by atoms with Crippen molar-refractivity contribution >= 4 is 33.8 Å². The minimum atomic E-state index is 0.160. The average Bonchev–Trinajstić information content (AvgIpc) is 3.46. The largest absolute Gasteiger partial charge is 0.474 e. The first kappa shape index (κ1) is 20.3. The lowest BCUT2D eigenvalue weighted by Gasteiger charge is -2.22. The molecule has 3 aromatic rings. The summed E-state index contributed by atoms with van der Waals surface area (Å²) < 4.78 is 11.5. The first-order chi connectivity index (χ1) is 15.2. The summed E-state index contributed by atoms with van der Waals surface area (Å²) in [5.41, 5.74) is 3.84. The fourth-order valence-corrected chi connectivity index (χ4v) is 5.04. The second-order valence-electron chi connectivity index (χ2n) is 7.48. The molecule has 1 fully saturated rings. The van der Waals surface area contributed by atoms with E-state index in [1.165, 1.54) is 0 Å². The third-order valence-electron chi connectivity index (χ3n) is 5.16. The highest BCUT2D eigenvalue weighted by Crippen LogP contribution is 2.33. The van der Waals surface area contributed by atoms with E-state index >= 15 is 0 Å². The van der Waals surface area contributed by atoms with E-state index in [4.69, 9.17) is 14.5 Å². The number of thiazole rings is 2. The molecule has 0 unspecified atom stereocenters. The summed E-state index contributed by atoms with van der Waals surface area (Å²) >= 11 is 3.15. The molecule has 1 saturated heterocycles. The molecule has 5 rings (SSSR count). The van der Waals surface area contributed by atoms with Gasteiger partial charge in [0.2, 0.25) is 5.88 Å². The zero-order valence-electron chi connectivity index (χ0n) is 17.3. The number of aromatic nitrogens is 3. The fourth-order valence-electron chi connectivity index (χ4n) is 3.45. The van der Waals surface area contributed by atoms with E-state index in [0.29, 0.717) is 5.88 Å². The van der Waals surface area contributed by atoms with Crippen LogP contribution in [0.4, 0.5) is 5.13 Å². The molecule has 2 aliphatic heterocycles. The molecule has 31 heavy (non-hydrogen) atoms. The lowest BCUT2D eigenvalue weighted by atomic mass is 10.1. The molecule has 0 radical (unpaired) electrons. The number of guanidine groups is 1. The van der Waals surface area contributed by atoms with Crippen molar-refractivity contribution in [2.75, 3.05) is 31.6 Å². The van der Waals surface area contributed by atoms with Gasteiger partial charge in [0, 0.05) is 54.5 Å². The minimum Gasteiger partial charge on any atom is -0.474 e. The Morgan fingerprint density at radius 2 is 2.00 bits per heavy atom. The Morgan fingerprint density at radius 3 is 2.84 bits per heavy atom. The molecule has 0 bridgehead atoms. The third kappa shape index (κ3) is 4.86. The number of nitrogens with one attached hydrogen (secondary N) is 2. The molecule has 0 aliphatic carbocycles. The Bertz CT molecular complexity index is 1070. The van der Waals surface area contributed by atoms with Gasteiger partial charge in [-0.15, -0.1) is 22.7 Å². The van der Waals surface area contributed by atoms with Gasteiger partial charge in [0.25, 0.3) is 0 Å². The molecule has 0 saturated carbocycles. The van der Waals surface area contributed by atoms with Gasteiger partial charge < -0.3 is 20.1 Å². The van der Waals surface area contributed by atoms with Crippen molar-refractivity contribution in [3.05, 3.63) is 28.6 Å². The summed E-state index contributed by atoms with van der Waals surface area (Å²) in [7, 11) is 0. The number of anilines is 1. The quantitative estimate of drug-likeness (QED) is 0.600. The van der Waals surface area contributed by atoms with Gasteiger partial charge in [0.05, 0.1) is 13.2 Å². The first-order valence-electron chi connectivity index (χ1n) is 10.4. The van der Waals surface area contributed by atoms with Crippen LogP contribution in [0.3, 0.4) is 0 Å². The van der Waals surface area contributed by atoms with E-state index in [9.17, 15) is 0 Å². The molecule has 8 nitrogen and oxygen atoms in total. The van der Waals surface area contributed by atoms with E-state index in [-0.39, 0.29) is 6.10 Å². The monoisotopic (exact) mass is 456 g/mol. The van der Waals surface area contributed by atoms with Crippen molar-refractivity contribution in [3.63, 3.8) is 0 Å². The molecule has 0 amide bonds. The third-order valence-corrected chi connectivity index (χ3v) is 6.79. The smallest absolute Gasteiger partial charge is 0.214 e. The first-order valence-corrected chi connectivity index (χ1v) is 12.2. The Balaban J connectivity index is 1.32. The highest BCUT2D eigenvalue weighted by molar-refractivity contribution is 7.14. The predicted octanol–water partition coefficient (Wildman–Crippen LogP) is 3.96. The van der Waals surface area contributed by atoms with Crippen LogP contribution in [-0.2, 0) is 4.74 Å². The Hall–Kier alpha value is -2.56. The highest BCUT2D eigenvalue weighted by atomic mass is 32.1. The van der Waals surface area contributed by atoms with Gasteiger partial charge in [-0.05, 0) is 18.9 Å². The van der Waals surface area contributed by atoms with Crippen LogP contribution in [0.5, 0.6) is 5.88 Å². The van der Waals surface area contributed by atoms with Gasteiger partial charge >= 0.3 is 0 Å². The van der Waals surface area contributed by atoms with Gasteiger partial charge in [0.1, 0.15) is 22.5 Å². The van der Waals surface area contributed by atoms with Crippen molar-refractivity contribution in [3.8, 4) is 27.8 Å². The van der Waals surface area contributed by atoms with Crippen molar-refractivity contribution in [1.82, 2.24) is 20.3 Å². The van der Waals surface area contributed by atoms with E-state index in [0.717, 1.165) is 84.2 Å². The molecule has 0 atom stereocenters. The van der Waals surface area contributed by atoms with Crippen molar-refractivity contribution in [2.24, 2.45) is 4.99 Å². The Kier molecular flexibility index (Phi) is 6.10. The second kappa shape index (κ2) is 9.29. The van der Waals surface area contributed by atoms with Gasteiger partial charge in [-0.25, -0.2) is 15.0 Å². The van der Waals surface area contributed by atoms with Crippen LogP contribution in [0.15, 0.2) is 28.0 Å². The van der Waals surface area contributed by atoms with Crippen LogP contribution in [0.25, 0.3) is 22.0 Å². The number of nitrogens with zero attached hydrogens (tertiary/aromatic N) is 4. The molecule has 2 aliphatic rings. The maximum atomic E-state index is 6.09. The number of ether oxygens (including phenoxy) is 2. The molecule has 5 heterocycles. The van der Waals surface area contributed by atoms with Crippen molar-refractivity contribution in [2.45, 2.75) is 32.3 Å². The van der Waals surface area contributed by atoms with Gasteiger partial charge in [0.15, 0.2) is 11.1 Å². The maximum Gasteiger partial charge on any atom is 0.214 e. The van der Waals surface area contributed by atoms with Crippen molar-refractivity contribution < 1.29 is 9.47 Å². The number of hydrogen-bond donors (Lipinski definition) is 2. The zero-order valence-corrected chi connectivity index (χ0v) is 18.9. The van der Waals surface area contributed by atoms with Crippen molar-refractivity contribution in [1.29, 1.82) is 0 Å². The predicted molar refractivity (Wildman–Crippen MR) is 124 cm³/mol. The Labute approximate surface area is 188 Å². The molecular formula is C21H24N6O2S2. The lowest BCUT2D eigenvalue weighted by molar-refractivity contribution is 0.0237. The van der Waals surface area contributed by atoms with Gasteiger partial charge in [-0.1, -0.05) is 0 Å². The van der Waals surface area contributed by atoms with Crippen LogP contribution in [0, 0.1) is 6.92 Å². The van der Waals surface area contributed by atoms with Crippen LogP contribution in [-0.4, -0.2) is 53.3 Å². The summed E-state index contributed by atoms with van der Waals surface area (Å²) in [6.07, 6.45) is 4.87. The Morgan fingerprint density at radius 1 is 1.16 bits per heavy atom. The number of rotatable bonds is 5. The zero-order chi connectivity index (χ0) is 21.0. The lowest BCUT2D eigenvalue weighted by Crippen LogP contribution is -2.35. The average molecular weight is 457 g/mol. The van der Waals surface area contributed by atoms with E-state index in [1.54, 1.807) is 22.7 Å². The molecule has 3 aromatic heterocycles. The van der Waals surface area contributed by atoms with E-state index in [2.05, 4.69) is 25.6 Å². The summed E-state index contributed by atoms with van der Waals surface area (Å²) in [5.74, 6) is 1.43. The molecular weight excluding hydrogens is 432 g/mol. The molecule has 0 aromatic carbocycles. The summed E-state index contributed by atoms with van der Waals surface area (Å²) in [4.78, 5) is 18.4. The number of pyridine rings is 1. The summed E-state index contributed by atoms with van der Waals surface area (Å²) in [6, 6.07) is 1.99. The van der Waals surface area contributed by atoms with E-state index in [1.807, 2.05) is 29.9 Å². The number of aliphatic imine (C=N–C) groups is 1. The van der Waals surface area contributed by atoms with Crippen LogP contribution in [0.2, 0.25) is 0 Å². The normalized spacial score (nSPS) is 17.1. The number of aryl methyl sites for hydroxylation is 1. The second-order valence-corrected chi connectivity index (χ2v) is 9.19. The van der Waals surface area contributed by atoms with Gasteiger partial charge in [-0.2, -0.15) is 0 Å². The highest BCUT2D eigenvalue weighted by Gasteiger charge is 2.18. The minimum absolute atomic E-state index is 0.160. The van der Waals surface area contributed by atoms with Crippen LogP contribution < -0.4 is 15.4 Å². The van der Waals surface area contributed by atoms with E-state index < -0.39 is 0 Å². The SMILES string of the molecule is Cc1cnc(OC2CCOCC2)cc1-c1nc(-c2csc(NC3=NCCCN3)n2)cs1. The standard InChI is InChI=1S/C21H24N6O2S2/c1-13-10-24-18(29-14-3-7-28-8-4-14)9-15(13)19-25-16(11-30-19)17-12-31-21(26-17)27-20-22-5-2-6-23-20/h9-12,14H,2-8H2,1H3,(H2,22,23,26,27). The summed E-state index contributed by atoms with van der Waals surface area (Å²) in [5, 5.41) is 12.3. The van der Waals surface area contributed by atoms with Crippen LogP contribution >= 0.6 is 22.7 Å². The molecule has 162 valence electrons. The van der Waals surface area contributed by atoms with Crippen LogP contribution in [0.1, 0.15) is 24.8 Å². The molecule has 2 N–H and O–H groups in total. The van der Waals surface area contributed by atoms with Gasteiger partial charge in [-0.3, -0.25) is 4.99 Å². The topological polar surface area (TPSA) is 93.5 Å². The molecule has 10 heteroatoms. The summed E-state index contributed by atoms with van der Waals surface area (Å²) in [6.45, 7) is 5.31. The maximum absolute atomic E-state index is 6.09. The fraction of sp³-hybridized carbons (Fsp3) is 0.429. The number of hydrogen-bond acceptors (Lipinski definition) is 10.